The molecule has 0 bridgehead atoms. The Balaban J connectivity index is 2.43. The summed E-state index contributed by atoms with van der Waals surface area (Å²) in [5, 5.41) is 3.26. The number of aryl methyl sites for hydroxylation is 3. The number of nitrogens with one attached hydrogen (secondary N) is 1. The van der Waals surface area contributed by atoms with Crippen LogP contribution in [0, 0.1) is 20.8 Å². The van der Waals surface area contributed by atoms with E-state index in [-0.39, 0.29) is 0 Å². The highest BCUT2D eigenvalue weighted by molar-refractivity contribution is 7.92. The second-order valence-corrected chi connectivity index (χ2v) is 8.72. The lowest BCUT2D eigenvalue weighted by atomic mass is 10.1. The van der Waals surface area contributed by atoms with Gasteiger partial charge in [0.1, 0.15) is 6.04 Å². The minimum atomic E-state index is -3.70. The highest BCUT2D eigenvalue weighted by Crippen LogP contribution is 2.29. The van der Waals surface area contributed by atoms with Crippen LogP contribution in [0.25, 0.3) is 0 Å². The van der Waals surface area contributed by atoms with E-state index in [2.05, 4.69) is 5.32 Å². The van der Waals surface area contributed by atoms with Gasteiger partial charge in [0.2, 0.25) is 15.9 Å². The van der Waals surface area contributed by atoms with Crippen LogP contribution >= 0.6 is 11.6 Å². The SMILES string of the molecule is Cc1ccc(Cl)cc1N(C(C)C(=O)Nc1c(C)cccc1C)S(C)(=O)=O. The van der Waals surface area contributed by atoms with Crippen LogP contribution in [0.1, 0.15) is 23.6 Å². The average Bonchev–Trinajstić information content (AvgIpc) is 2.53. The fourth-order valence-corrected chi connectivity index (χ4v) is 4.23. The minimum Gasteiger partial charge on any atom is -0.324 e. The molecule has 7 heteroatoms. The number of amides is 1. The monoisotopic (exact) mass is 394 g/mol. The number of para-hydroxylation sites is 1. The van der Waals surface area contributed by atoms with Crippen molar-refractivity contribution in [1.29, 1.82) is 0 Å². The normalized spacial score (nSPS) is 12.5. The number of nitrogens with zero attached hydrogens (tertiary/aromatic N) is 1. The number of benzene rings is 2. The van der Waals surface area contributed by atoms with Crippen LogP contribution in [0.4, 0.5) is 11.4 Å². The third kappa shape index (κ3) is 4.37. The van der Waals surface area contributed by atoms with Crippen molar-refractivity contribution in [3.8, 4) is 0 Å². The van der Waals surface area contributed by atoms with Gasteiger partial charge in [0.15, 0.2) is 0 Å². The van der Waals surface area contributed by atoms with Gasteiger partial charge in [0.05, 0.1) is 11.9 Å². The highest BCUT2D eigenvalue weighted by Gasteiger charge is 2.30. The average molecular weight is 395 g/mol. The summed E-state index contributed by atoms with van der Waals surface area (Å²) in [7, 11) is -3.70. The Morgan fingerprint density at radius 3 is 2.19 bits per heavy atom. The van der Waals surface area contributed by atoms with Gasteiger partial charge in [-0.05, 0) is 56.5 Å². The van der Waals surface area contributed by atoms with Crippen LogP contribution in [0.5, 0.6) is 0 Å². The van der Waals surface area contributed by atoms with Crippen LogP contribution in [-0.4, -0.2) is 26.6 Å². The highest BCUT2D eigenvalue weighted by atomic mass is 35.5. The lowest BCUT2D eigenvalue weighted by Crippen LogP contribution is -2.45. The van der Waals surface area contributed by atoms with Crippen molar-refractivity contribution in [1.82, 2.24) is 0 Å². The summed E-state index contributed by atoms with van der Waals surface area (Å²) < 4.78 is 26.0. The molecule has 0 fully saturated rings. The summed E-state index contributed by atoms with van der Waals surface area (Å²) in [5.74, 6) is -0.410. The molecule has 0 aromatic heterocycles. The van der Waals surface area contributed by atoms with Gasteiger partial charge in [-0.3, -0.25) is 9.10 Å². The standard InChI is InChI=1S/C19H23ClN2O3S/c1-12-9-10-16(20)11-17(12)22(26(5,24)25)15(4)19(23)21-18-13(2)7-6-8-14(18)3/h6-11,15H,1-5H3,(H,21,23). The largest absolute Gasteiger partial charge is 0.324 e. The summed E-state index contributed by atoms with van der Waals surface area (Å²) in [5.41, 5.74) is 3.63. The zero-order chi connectivity index (χ0) is 19.6. The van der Waals surface area contributed by atoms with E-state index in [1.165, 1.54) is 0 Å². The van der Waals surface area contributed by atoms with E-state index in [1.807, 2.05) is 32.0 Å². The molecule has 0 saturated carbocycles. The molecule has 2 aromatic rings. The van der Waals surface area contributed by atoms with Crippen LogP contribution < -0.4 is 9.62 Å². The first-order valence-corrected chi connectivity index (χ1v) is 10.4. The van der Waals surface area contributed by atoms with Crippen molar-refractivity contribution < 1.29 is 13.2 Å². The third-order valence-electron chi connectivity index (χ3n) is 4.23. The topological polar surface area (TPSA) is 66.5 Å². The molecule has 0 heterocycles. The molecule has 0 aliphatic rings. The lowest BCUT2D eigenvalue weighted by Gasteiger charge is -2.30. The summed E-state index contributed by atoms with van der Waals surface area (Å²) in [4.78, 5) is 12.8. The Morgan fingerprint density at radius 1 is 1.08 bits per heavy atom. The van der Waals surface area contributed by atoms with Gasteiger partial charge in [-0.1, -0.05) is 35.9 Å². The lowest BCUT2D eigenvalue weighted by molar-refractivity contribution is -0.116. The van der Waals surface area contributed by atoms with Crippen molar-refractivity contribution in [3.05, 3.63) is 58.1 Å². The van der Waals surface area contributed by atoms with E-state index in [0.29, 0.717) is 22.0 Å². The molecule has 1 atom stereocenters. The molecule has 26 heavy (non-hydrogen) atoms. The van der Waals surface area contributed by atoms with Crippen LogP contribution in [0.2, 0.25) is 5.02 Å². The molecule has 2 aromatic carbocycles. The van der Waals surface area contributed by atoms with Gasteiger partial charge < -0.3 is 5.32 Å². The van der Waals surface area contributed by atoms with E-state index in [1.54, 1.807) is 32.0 Å². The number of sulfonamides is 1. The molecule has 140 valence electrons. The van der Waals surface area contributed by atoms with E-state index in [0.717, 1.165) is 21.7 Å². The minimum absolute atomic E-state index is 0.393. The van der Waals surface area contributed by atoms with Crippen molar-refractivity contribution >= 4 is 38.9 Å². The number of carbonyl (C=O) groups is 1. The Bertz CT molecular complexity index is 922. The number of rotatable bonds is 5. The maximum absolute atomic E-state index is 12.8. The summed E-state index contributed by atoms with van der Waals surface area (Å²) >= 11 is 6.04. The number of anilines is 2. The summed E-state index contributed by atoms with van der Waals surface area (Å²) in [6.07, 6.45) is 1.08. The van der Waals surface area contributed by atoms with Gasteiger partial charge in [0.25, 0.3) is 0 Å². The Kier molecular flexibility index (Phi) is 5.98. The van der Waals surface area contributed by atoms with Crippen molar-refractivity contribution in [2.75, 3.05) is 15.9 Å². The molecule has 0 aliphatic heterocycles. The van der Waals surface area contributed by atoms with E-state index < -0.39 is 22.0 Å². The van der Waals surface area contributed by atoms with Gasteiger partial charge in [-0.25, -0.2) is 8.42 Å². The zero-order valence-electron chi connectivity index (χ0n) is 15.5. The Morgan fingerprint density at radius 2 is 1.65 bits per heavy atom. The fraction of sp³-hybridized carbons (Fsp3) is 0.316. The number of carbonyl (C=O) groups excluding carboxylic acids is 1. The van der Waals surface area contributed by atoms with Crippen molar-refractivity contribution in [2.45, 2.75) is 33.7 Å². The molecule has 1 N–H and O–H groups in total. The maximum atomic E-state index is 12.8. The Hall–Kier alpha value is -2.05. The molecule has 0 radical (unpaired) electrons. The molecule has 0 saturated heterocycles. The second kappa shape index (κ2) is 7.68. The first kappa shape index (κ1) is 20.3. The van der Waals surface area contributed by atoms with Gasteiger partial charge in [0, 0.05) is 10.7 Å². The number of halogens is 1. The quantitative estimate of drug-likeness (QED) is 0.831. The van der Waals surface area contributed by atoms with Crippen molar-refractivity contribution in [2.24, 2.45) is 0 Å². The van der Waals surface area contributed by atoms with Gasteiger partial charge in [-0.2, -0.15) is 0 Å². The van der Waals surface area contributed by atoms with E-state index in [4.69, 9.17) is 11.6 Å². The molecule has 0 aliphatic carbocycles. The maximum Gasteiger partial charge on any atom is 0.248 e. The smallest absolute Gasteiger partial charge is 0.248 e. The summed E-state index contributed by atoms with van der Waals surface area (Å²) in [6.45, 7) is 7.12. The van der Waals surface area contributed by atoms with E-state index >= 15 is 0 Å². The van der Waals surface area contributed by atoms with Gasteiger partial charge in [-0.15, -0.1) is 0 Å². The third-order valence-corrected chi connectivity index (χ3v) is 5.69. The molecule has 1 unspecified atom stereocenters. The van der Waals surface area contributed by atoms with Crippen LogP contribution in [0.15, 0.2) is 36.4 Å². The van der Waals surface area contributed by atoms with Crippen LogP contribution in [-0.2, 0) is 14.8 Å². The second-order valence-electron chi connectivity index (χ2n) is 6.42. The van der Waals surface area contributed by atoms with Gasteiger partial charge >= 0.3 is 0 Å². The fourth-order valence-electron chi connectivity index (χ4n) is 2.84. The molecular formula is C19H23ClN2O3S. The molecular weight excluding hydrogens is 372 g/mol. The Labute approximate surface area is 160 Å². The van der Waals surface area contributed by atoms with Crippen LogP contribution in [0.3, 0.4) is 0 Å². The first-order chi connectivity index (χ1) is 12.0. The van der Waals surface area contributed by atoms with Crippen molar-refractivity contribution in [3.63, 3.8) is 0 Å². The molecule has 0 spiro atoms. The van der Waals surface area contributed by atoms with E-state index in [9.17, 15) is 13.2 Å². The predicted molar refractivity (Wildman–Crippen MR) is 108 cm³/mol. The number of hydrogen-bond acceptors (Lipinski definition) is 3. The first-order valence-electron chi connectivity index (χ1n) is 8.15. The molecule has 2 rings (SSSR count). The molecule has 1 amide bonds. The summed E-state index contributed by atoms with van der Waals surface area (Å²) in [6, 6.07) is 9.71. The molecule has 5 nitrogen and oxygen atoms in total. The zero-order valence-corrected chi connectivity index (χ0v) is 17.1. The predicted octanol–water partition coefficient (Wildman–Crippen LogP) is 4.06. The number of hydrogen-bond donors (Lipinski definition) is 1.